The topological polar surface area (TPSA) is 92.9 Å². The summed E-state index contributed by atoms with van der Waals surface area (Å²) in [6, 6.07) is 8.58. The third-order valence-corrected chi connectivity index (χ3v) is 7.07. The average Bonchev–Trinajstić information content (AvgIpc) is 3.32. The van der Waals surface area contributed by atoms with Gasteiger partial charge < -0.3 is 14.5 Å². The van der Waals surface area contributed by atoms with Gasteiger partial charge >= 0.3 is 6.36 Å². The molecule has 2 N–H and O–H groups in total. The quantitative estimate of drug-likeness (QED) is 0.600. The van der Waals surface area contributed by atoms with Crippen LogP contribution in [0.5, 0.6) is 5.75 Å². The van der Waals surface area contributed by atoms with Gasteiger partial charge in [-0.3, -0.25) is 4.79 Å². The van der Waals surface area contributed by atoms with Gasteiger partial charge in [-0.25, -0.2) is 17.9 Å². The first-order chi connectivity index (χ1) is 16.4. The predicted octanol–water partition coefficient (Wildman–Crippen LogP) is 3.13. The number of benzene rings is 2. The molecule has 0 spiro atoms. The standard InChI is InChI=1S/C23H23F4N3O4S/c24-21-10-19(34-23(25,26)27)6-3-15(21)2-1-9-29-11-17-13-30(14-18(17)12-29)22(31)16-4-7-20(8-5-16)35(28,32)33/h1,3-10,17-18H,2,11-14H2,(H2,28,32,33)/t17-,18+. The minimum absolute atomic E-state index is 0.0553. The second-order valence-corrected chi connectivity index (χ2v) is 10.2. The van der Waals surface area contributed by atoms with Gasteiger partial charge in [-0.15, -0.1) is 13.2 Å². The molecular formula is C23H23F4N3O4S. The Labute approximate surface area is 199 Å². The third-order valence-electron chi connectivity index (χ3n) is 6.14. The number of ether oxygens (including phenoxy) is 1. The number of carbonyl (C=O) groups is 1. The number of likely N-dealkylation sites (tertiary alicyclic amines) is 2. The third kappa shape index (κ3) is 6.12. The largest absolute Gasteiger partial charge is 0.573 e. The Morgan fingerprint density at radius 3 is 2.23 bits per heavy atom. The Balaban J connectivity index is 1.28. The molecule has 4 rings (SSSR count). The van der Waals surface area contributed by atoms with Crippen molar-refractivity contribution in [2.24, 2.45) is 17.0 Å². The summed E-state index contributed by atoms with van der Waals surface area (Å²) in [5.41, 5.74) is 0.642. The lowest BCUT2D eigenvalue weighted by atomic mass is 10.0. The van der Waals surface area contributed by atoms with Crippen molar-refractivity contribution < 1.29 is 35.5 Å². The molecule has 35 heavy (non-hydrogen) atoms. The molecule has 12 heteroatoms. The summed E-state index contributed by atoms with van der Waals surface area (Å²) in [6.45, 7) is 2.58. The van der Waals surface area contributed by atoms with E-state index in [0.717, 1.165) is 19.2 Å². The molecule has 1 amide bonds. The van der Waals surface area contributed by atoms with Crippen molar-refractivity contribution in [3.8, 4) is 5.75 Å². The molecule has 0 unspecified atom stereocenters. The fourth-order valence-electron chi connectivity index (χ4n) is 4.51. The number of allylic oxidation sites excluding steroid dienone is 1. The summed E-state index contributed by atoms with van der Waals surface area (Å²) in [7, 11) is -3.82. The summed E-state index contributed by atoms with van der Waals surface area (Å²) in [6.07, 6.45) is -1.07. The minimum Gasteiger partial charge on any atom is -0.406 e. The Morgan fingerprint density at radius 2 is 1.69 bits per heavy atom. The maximum Gasteiger partial charge on any atom is 0.573 e. The van der Waals surface area contributed by atoms with Crippen LogP contribution in [0.4, 0.5) is 17.6 Å². The van der Waals surface area contributed by atoms with E-state index in [1.807, 2.05) is 6.20 Å². The number of primary sulfonamides is 1. The van der Waals surface area contributed by atoms with Crippen molar-refractivity contribution in [1.82, 2.24) is 9.80 Å². The van der Waals surface area contributed by atoms with Gasteiger partial charge in [-0.05, 0) is 48.5 Å². The highest BCUT2D eigenvalue weighted by molar-refractivity contribution is 7.89. The van der Waals surface area contributed by atoms with E-state index in [4.69, 9.17) is 5.14 Å². The van der Waals surface area contributed by atoms with E-state index in [1.54, 1.807) is 11.0 Å². The number of nitrogens with two attached hydrogens (primary N) is 1. The molecule has 0 aliphatic carbocycles. The summed E-state index contributed by atoms with van der Waals surface area (Å²) >= 11 is 0. The van der Waals surface area contributed by atoms with E-state index in [2.05, 4.69) is 9.64 Å². The lowest BCUT2D eigenvalue weighted by Crippen LogP contribution is -2.32. The van der Waals surface area contributed by atoms with E-state index >= 15 is 0 Å². The van der Waals surface area contributed by atoms with Gasteiger partial charge in [0.15, 0.2) is 0 Å². The van der Waals surface area contributed by atoms with Crippen LogP contribution in [-0.4, -0.2) is 56.7 Å². The number of hydrogen-bond acceptors (Lipinski definition) is 5. The van der Waals surface area contributed by atoms with Crippen molar-refractivity contribution in [3.63, 3.8) is 0 Å². The summed E-state index contributed by atoms with van der Waals surface area (Å²) in [5, 5.41) is 5.09. The highest BCUT2D eigenvalue weighted by Crippen LogP contribution is 2.32. The first-order valence-corrected chi connectivity index (χ1v) is 12.3. The number of nitrogens with zero attached hydrogens (tertiary/aromatic N) is 2. The molecule has 2 aliphatic heterocycles. The van der Waals surface area contributed by atoms with Crippen molar-refractivity contribution in [2.45, 2.75) is 17.7 Å². The van der Waals surface area contributed by atoms with Crippen LogP contribution in [0.2, 0.25) is 0 Å². The van der Waals surface area contributed by atoms with E-state index in [0.29, 0.717) is 24.7 Å². The molecule has 7 nitrogen and oxygen atoms in total. The molecule has 2 aliphatic rings. The van der Waals surface area contributed by atoms with Crippen molar-refractivity contribution >= 4 is 15.9 Å². The van der Waals surface area contributed by atoms with Crippen LogP contribution in [0.25, 0.3) is 0 Å². The van der Waals surface area contributed by atoms with Crippen LogP contribution in [0.1, 0.15) is 15.9 Å². The number of fused-ring (bicyclic) bond motifs is 1. The van der Waals surface area contributed by atoms with Crippen molar-refractivity contribution in [2.75, 3.05) is 26.2 Å². The van der Waals surface area contributed by atoms with E-state index in [1.165, 1.54) is 30.3 Å². The first-order valence-electron chi connectivity index (χ1n) is 10.8. The van der Waals surface area contributed by atoms with E-state index in [9.17, 15) is 30.8 Å². The highest BCUT2D eigenvalue weighted by atomic mass is 32.2. The molecule has 2 atom stereocenters. The van der Waals surface area contributed by atoms with Crippen LogP contribution in [0.15, 0.2) is 59.6 Å². The number of carbonyl (C=O) groups excluding carboxylic acids is 1. The molecule has 0 radical (unpaired) electrons. The fraction of sp³-hybridized carbons (Fsp3) is 0.348. The predicted molar refractivity (Wildman–Crippen MR) is 118 cm³/mol. The second-order valence-electron chi connectivity index (χ2n) is 8.64. The maximum atomic E-state index is 14.1. The number of hydrogen-bond donors (Lipinski definition) is 1. The van der Waals surface area contributed by atoms with Crippen LogP contribution in [0.3, 0.4) is 0 Å². The fourth-order valence-corrected chi connectivity index (χ4v) is 5.02. The number of halogens is 4. The Bertz CT molecular complexity index is 1220. The van der Waals surface area contributed by atoms with Crippen LogP contribution in [0, 0.1) is 17.7 Å². The number of alkyl halides is 3. The summed E-state index contributed by atoms with van der Waals surface area (Å²) in [5.74, 6) is -1.02. The zero-order valence-electron chi connectivity index (χ0n) is 18.4. The van der Waals surface area contributed by atoms with Crippen LogP contribution in [-0.2, 0) is 16.4 Å². The Hall–Kier alpha value is -3.12. The average molecular weight is 514 g/mol. The molecule has 2 fully saturated rings. The molecule has 0 aromatic heterocycles. The van der Waals surface area contributed by atoms with Crippen LogP contribution >= 0.6 is 0 Å². The zero-order valence-corrected chi connectivity index (χ0v) is 19.2. The van der Waals surface area contributed by atoms with Crippen molar-refractivity contribution in [1.29, 1.82) is 0 Å². The molecule has 188 valence electrons. The Kier molecular flexibility index (Phi) is 6.78. The van der Waals surface area contributed by atoms with Gasteiger partial charge in [0, 0.05) is 49.6 Å². The second kappa shape index (κ2) is 9.50. The molecule has 0 saturated carbocycles. The normalized spacial score (nSPS) is 20.5. The molecule has 0 bridgehead atoms. The molecule has 2 saturated heterocycles. The van der Waals surface area contributed by atoms with Gasteiger partial charge in [0.2, 0.25) is 10.0 Å². The van der Waals surface area contributed by atoms with Gasteiger partial charge in [-0.1, -0.05) is 12.1 Å². The SMILES string of the molecule is NS(=O)(=O)c1ccc(C(=O)N2C[C@H]3CN(C=CCc4ccc(OC(F)(F)F)cc4F)C[C@H]3C2)cc1. The number of amides is 1. The van der Waals surface area contributed by atoms with E-state index in [-0.39, 0.29) is 34.6 Å². The minimum atomic E-state index is -4.87. The summed E-state index contributed by atoms with van der Waals surface area (Å²) < 4.78 is 77.3. The number of sulfonamides is 1. The zero-order chi connectivity index (χ0) is 25.4. The van der Waals surface area contributed by atoms with Gasteiger partial charge in [0.05, 0.1) is 4.90 Å². The summed E-state index contributed by atoms with van der Waals surface area (Å²) in [4.78, 5) is 16.6. The molecule has 2 heterocycles. The number of rotatable bonds is 6. The van der Waals surface area contributed by atoms with Gasteiger partial charge in [-0.2, -0.15) is 0 Å². The van der Waals surface area contributed by atoms with E-state index < -0.39 is 28.0 Å². The van der Waals surface area contributed by atoms with Crippen molar-refractivity contribution in [3.05, 3.63) is 71.7 Å². The Morgan fingerprint density at radius 1 is 1.06 bits per heavy atom. The van der Waals surface area contributed by atoms with Gasteiger partial charge in [0.25, 0.3) is 5.91 Å². The lowest BCUT2D eigenvalue weighted by Gasteiger charge is -2.21. The molecule has 2 aromatic carbocycles. The van der Waals surface area contributed by atoms with Crippen LogP contribution < -0.4 is 9.88 Å². The van der Waals surface area contributed by atoms with Gasteiger partial charge in [0.1, 0.15) is 11.6 Å². The highest BCUT2D eigenvalue weighted by Gasteiger charge is 2.41. The first kappa shape index (κ1) is 25.0. The monoisotopic (exact) mass is 513 g/mol. The smallest absolute Gasteiger partial charge is 0.406 e. The molecule has 2 aromatic rings. The molecular weight excluding hydrogens is 490 g/mol. The lowest BCUT2D eigenvalue weighted by molar-refractivity contribution is -0.274. The maximum absolute atomic E-state index is 14.1.